The SMILES string of the molecule is COc1ccc(C2(c3ccc(-c4ccccc4)cc3)C=Cc3c4c(c5cc(OC)c(OC)cc5c3O2)-c2ccccc2C4C)cc1. The topological polar surface area (TPSA) is 36.9 Å². The van der Waals surface area contributed by atoms with Crippen LogP contribution in [0, 0.1) is 0 Å². The average molecular weight is 603 g/mol. The molecule has 0 aromatic heterocycles. The lowest BCUT2D eigenvalue weighted by Gasteiger charge is -2.38. The van der Waals surface area contributed by atoms with Crippen LogP contribution in [-0.4, -0.2) is 21.3 Å². The van der Waals surface area contributed by atoms with Gasteiger partial charge < -0.3 is 18.9 Å². The van der Waals surface area contributed by atoms with Gasteiger partial charge in [-0.25, -0.2) is 0 Å². The first-order valence-corrected chi connectivity index (χ1v) is 15.6. The summed E-state index contributed by atoms with van der Waals surface area (Å²) in [5.41, 5.74) is 9.65. The van der Waals surface area contributed by atoms with Crippen LogP contribution in [0.25, 0.3) is 39.1 Å². The molecule has 2 aliphatic rings. The zero-order valence-electron chi connectivity index (χ0n) is 26.3. The second-order valence-corrected chi connectivity index (χ2v) is 11.9. The van der Waals surface area contributed by atoms with Crippen molar-refractivity contribution in [3.8, 4) is 45.3 Å². The van der Waals surface area contributed by atoms with Crippen molar-refractivity contribution in [2.45, 2.75) is 18.4 Å². The second kappa shape index (κ2) is 10.8. The van der Waals surface area contributed by atoms with Crippen LogP contribution in [0.15, 0.2) is 121 Å². The van der Waals surface area contributed by atoms with Gasteiger partial charge in [0.15, 0.2) is 17.1 Å². The molecule has 1 aliphatic carbocycles. The van der Waals surface area contributed by atoms with Crippen molar-refractivity contribution in [2.75, 3.05) is 21.3 Å². The highest BCUT2D eigenvalue weighted by molar-refractivity contribution is 6.09. The molecule has 4 heteroatoms. The van der Waals surface area contributed by atoms with Crippen LogP contribution in [0.4, 0.5) is 0 Å². The monoisotopic (exact) mass is 602 g/mol. The number of fused-ring (bicyclic) bond motifs is 8. The zero-order chi connectivity index (χ0) is 31.4. The Labute approximate surface area is 269 Å². The van der Waals surface area contributed by atoms with E-state index in [1.807, 2.05) is 18.2 Å². The molecule has 0 radical (unpaired) electrons. The van der Waals surface area contributed by atoms with Crippen molar-refractivity contribution < 1.29 is 18.9 Å². The molecule has 2 unspecified atom stereocenters. The predicted octanol–water partition coefficient (Wildman–Crippen LogP) is 10.0. The maximum atomic E-state index is 7.45. The van der Waals surface area contributed by atoms with Crippen molar-refractivity contribution >= 4 is 16.8 Å². The molecule has 0 amide bonds. The van der Waals surface area contributed by atoms with Gasteiger partial charge in [0.05, 0.1) is 21.3 Å². The molecule has 0 saturated carbocycles. The first-order valence-electron chi connectivity index (χ1n) is 15.6. The summed E-state index contributed by atoms with van der Waals surface area (Å²) in [7, 11) is 5.05. The molecule has 6 aromatic carbocycles. The molecule has 2 atom stereocenters. The lowest BCUT2D eigenvalue weighted by atomic mass is 9.80. The molecule has 0 N–H and O–H groups in total. The summed E-state index contributed by atoms with van der Waals surface area (Å²) in [5.74, 6) is 3.18. The summed E-state index contributed by atoms with van der Waals surface area (Å²) in [4.78, 5) is 0. The van der Waals surface area contributed by atoms with Gasteiger partial charge in [0.1, 0.15) is 11.5 Å². The molecular formula is C42H34O4. The molecule has 0 fully saturated rings. The van der Waals surface area contributed by atoms with E-state index in [0.717, 1.165) is 44.5 Å². The number of hydrogen-bond acceptors (Lipinski definition) is 4. The molecule has 0 spiro atoms. The van der Waals surface area contributed by atoms with Crippen LogP contribution < -0.4 is 18.9 Å². The van der Waals surface area contributed by atoms with Crippen molar-refractivity contribution in [1.82, 2.24) is 0 Å². The molecule has 0 bridgehead atoms. The highest BCUT2D eigenvalue weighted by Crippen LogP contribution is 2.57. The van der Waals surface area contributed by atoms with E-state index in [4.69, 9.17) is 18.9 Å². The molecule has 8 rings (SSSR count). The Balaban J connectivity index is 1.39. The van der Waals surface area contributed by atoms with E-state index < -0.39 is 5.60 Å². The van der Waals surface area contributed by atoms with E-state index in [1.54, 1.807) is 21.3 Å². The number of rotatable bonds is 6. The van der Waals surface area contributed by atoms with E-state index in [9.17, 15) is 0 Å². The maximum absolute atomic E-state index is 7.45. The molecule has 1 aliphatic heterocycles. The Bertz CT molecular complexity index is 2130. The van der Waals surface area contributed by atoms with Crippen molar-refractivity contribution in [1.29, 1.82) is 0 Å². The molecule has 226 valence electrons. The highest BCUT2D eigenvalue weighted by Gasteiger charge is 2.41. The summed E-state index contributed by atoms with van der Waals surface area (Å²) < 4.78 is 24.6. The second-order valence-electron chi connectivity index (χ2n) is 11.9. The summed E-state index contributed by atoms with van der Waals surface area (Å²) in [6.45, 7) is 2.29. The van der Waals surface area contributed by atoms with Crippen molar-refractivity contribution in [3.05, 3.63) is 149 Å². The van der Waals surface area contributed by atoms with Crippen LogP contribution in [0.5, 0.6) is 23.0 Å². The fraction of sp³-hybridized carbons (Fsp3) is 0.143. The van der Waals surface area contributed by atoms with Gasteiger partial charge in [0.25, 0.3) is 0 Å². The number of benzene rings is 6. The van der Waals surface area contributed by atoms with Crippen molar-refractivity contribution in [2.24, 2.45) is 0 Å². The fourth-order valence-electron chi connectivity index (χ4n) is 7.35. The van der Waals surface area contributed by atoms with Gasteiger partial charge in [-0.05, 0) is 69.1 Å². The minimum absolute atomic E-state index is 0.198. The van der Waals surface area contributed by atoms with E-state index >= 15 is 0 Å². The van der Waals surface area contributed by atoms with Gasteiger partial charge in [0, 0.05) is 28.0 Å². The third kappa shape index (κ3) is 4.13. The van der Waals surface area contributed by atoms with Crippen LogP contribution in [0.2, 0.25) is 0 Å². The van der Waals surface area contributed by atoms with Gasteiger partial charge >= 0.3 is 0 Å². The maximum Gasteiger partial charge on any atom is 0.178 e. The Morgan fingerprint density at radius 2 is 1.24 bits per heavy atom. The molecule has 1 heterocycles. The minimum atomic E-state index is -0.891. The van der Waals surface area contributed by atoms with Crippen LogP contribution in [0.1, 0.15) is 40.7 Å². The first-order chi connectivity index (χ1) is 22.6. The van der Waals surface area contributed by atoms with E-state index in [2.05, 4.69) is 116 Å². The van der Waals surface area contributed by atoms with Gasteiger partial charge in [-0.15, -0.1) is 0 Å². The van der Waals surface area contributed by atoms with Gasteiger partial charge in [-0.3, -0.25) is 0 Å². The van der Waals surface area contributed by atoms with Crippen molar-refractivity contribution in [3.63, 3.8) is 0 Å². The third-order valence-corrected chi connectivity index (χ3v) is 9.66. The first kappa shape index (κ1) is 28.0. The largest absolute Gasteiger partial charge is 0.497 e. The summed E-state index contributed by atoms with van der Waals surface area (Å²) in [6.07, 6.45) is 4.49. The molecule has 6 aromatic rings. The molecule has 46 heavy (non-hydrogen) atoms. The minimum Gasteiger partial charge on any atom is -0.497 e. The van der Waals surface area contributed by atoms with Gasteiger partial charge in [0.2, 0.25) is 0 Å². The summed E-state index contributed by atoms with van der Waals surface area (Å²) >= 11 is 0. The quantitative estimate of drug-likeness (QED) is 0.190. The Kier molecular flexibility index (Phi) is 6.61. The smallest absolute Gasteiger partial charge is 0.178 e. The predicted molar refractivity (Wildman–Crippen MR) is 185 cm³/mol. The Morgan fingerprint density at radius 1 is 0.630 bits per heavy atom. The zero-order valence-corrected chi connectivity index (χ0v) is 26.3. The fourth-order valence-corrected chi connectivity index (χ4v) is 7.35. The summed E-state index contributed by atoms with van der Waals surface area (Å²) in [5, 5.41) is 2.07. The number of methoxy groups -OCH3 is 3. The van der Waals surface area contributed by atoms with Gasteiger partial charge in [-0.1, -0.05) is 104 Å². The molecule has 0 saturated heterocycles. The summed E-state index contributed by atoms with van der Waals surface area (Å²) in [6, 6.07) is 40.2. The normalized spacial score (nSPS) is 17.5. The van der Waals surface area contributed by atoms with Crippen LogP contribution >= 0.6 is 0 Å². The lowest BCUT2D eigenvalue weighted by Crippen LogP contribution is -2.34. The number of hydrogen-bond donors (Lipinski definition) is 0. The Hall–Kier alpha value is -5.48. The highest BCUT2D eigenvalue weighted by atomic mass is 16.5. The third-order valence-electron chi connectivity index (χ3n) is 9.66. The van der Waals surface area contributed by atoms with E-state index in [1.165, 1.54) is 27.8 Å². The van der Waals surface area contributed by atoms with Gasteiger partial charge in [-0.2, -0.15) is 0 Å². The standard InChI is InChI=1S/C42H34O4/c1-26-32-12-8-9-13-33(32)40-35-24-37(44-3)38(45-4)25-36(35)41-34(39(26)40)22-23-42(46-41,30-18-20-31(43-2)21-19-30)29-16-14-28(15-17-29)27-10-6-5-7-11-27/h5-26H,1-4H3. The van der Waals surface area contributed by atoms with E-state index in [0.29, 0.717) is 11.5 Å². The molecule has 4 nitrogen and oxygen atoms in total. The van der Waals surface area contributed by atoms with E-state index in [-0.39, 0.29) is 5.92 Å². The average Bonchev–Trinajstić information content (AvgIpc) is 3.43. The van der Waals surface area contributed by atoms with Crippen LogP contribution in [-0.2, 0) is 5.60 Å². The molecular weight excluding hydrogens is 568 g/mol. The number of ether oxygens (including phenoxy) is 4. The van der Waals surface area contributed by atoms with Crippen LogP contribution in [0.3, 0.4) is 0 Å². The lowest BCUT2D eigenvalue weighted by molar-refractivity contribution is 0.163. The Morgan fingerprint density at radius 3 is 1.91 bits per heavy atom.